The SMILES string of the molecule is C#C[C@](C)(O)/C=C/C1=C(C)CCCC1(C)C. The van der Waals surface area contributed by atoms with Crippen LogP contribution in [0.15, 0.2) is 23.3 Å². The Balaban J connectivity index is 3.00. The summed E-state index contributed by atoms with van der Waals surface area (Å²) >= 11 is 0. The van der Waals surface area contributed by atoms with Gasteiger partial charge in [-0.1, -0.05) is 31.4 Å². The van der Waals surface area contributed by atoms with E-state index in [4.69, 9.17) is 6.42 Å². The first-order valence-corrected chi connectivity index (χ1v) is 5.88. The minimum absolute atomic E-state index is 0.198. The molecule has 1 aliphatic carbocycles. The monoisotopic (exact) mass is 218 g/mol. The number of hydrogen-bond acceptors (Lipinski definition) is 1. The Morgan fingerprint density at radius 2 is 2.12 bits per heavy atom. The van der Waals surface area contributed by atoms with Crippen LogP contribution in [0.3, 0.4) is 0 Å². The van der Waals surface area contributed by atoms with E-state index in [0.717, 1.165) is 6.42 Å². The molecule has 0 aromatic heterocycles. The number of hydrogen-bond donors (Lipinski definition) is 1. The van der Waals surface area contributed by atoms with Crippen LogP contribution in [0.1, 0.15) is 47.0 Å². The van der Waals surface area contributed by atoms with Crippen LogP contribution in [-0.4, -0.2) is 10.7 Å². The predicted octanol–water partition coefficient (Wildman–Crippen LogP) is 3.45. The Hall–Kier alpha value is -1.00. The number of allylic oxidation sites excluding steroid dienone is 3. The van der Waals surface area contributed by atoms with Gasteiger partial charge in [0.05, 0.1) is 0 Å². The summed E-state index contributed by atoms with van der Waals surface area (Å²) in [6, 6.07) is 0. The quantitative estimate of drug-likeness (QED) is 0.704. The van der Waals surface area contributed by atoms with Crippen molar-refractivity contribution >= 4 is 0 Å². The molecule has 1 rings (SSSR count). The Kier molecular flexibility index (Phi) is 3.65. The zero-order chi connectivity index (χ0) is 12.4. The lowest BCUT2D eigenvalue weighted by Gasteiger charge is -2.33. The smallest absolute Gasteiger partial charge is 0.141 e. The van der Waals surface area contributed by atoms with Crippen molar-refractivity contribution in [2.24, 2.45) is 5.41 Å². The van der Waals surface area contributed by atoms with Crippen LogP contribution < -0.4 is 0 Å². The summed E-state index contributed by atoms with van der Waals surface area (Å²) in [5.74, 6) is 2.37. The van der Waals surface area contributed by atoms with E-state index in [-0.39, 0.29) is 5.41 Å². The maximum Gasteiger partial charge on any atom is 0.141 e. The Morgan fingerprint density at radius 3 is 2.62 bits per heavy atom. The average Bonchev–Trinajstić information content (AvgIpc) is 2.16. The first-order chi connectivity index (χ1) is 7.28. The second-order valence-corrected chi connectivity index (χ2v) is 5.56. The molecule has 1 aliphatic rings. The van der Waals surface area contributed by atoms with Crippen molar-refractivity contribution in [2.75, 3.05) is 0 Å². The van der Waals surface area contributed by atoms with Crippen LogP contribution >= 0.6 is 0 Å². The van der Waals surface area contributed by atoms with Crippen LogP contribution in [0.4, 0.5) is 0 Å². The molecule has 0 saturated carbocycles. The summed E-state index contributed by atoms with van der Waals surface area (Å²) in [5.41, 5.74) is 1.80. The fourth-order valence-electron chi connectivity index (χ4n) is 2.30. The van der Waals surface area contributed by atoms with Gasteiger partial charge in [0.25, 0.3) is 0 Å². The van der Waals surface area contributed by atoms with Crippen LogP contribution in [0.5, 0.6) is 0 Å². The zero-order valence-electron chi connectivity index (χ0n) is 10.8. The number of aliphatic hydroxyl groups is 1. The van der Waals surface area contributed by atoms with Crippen molar-refractivity contribution in [1.82, 2.24) is 0 Å². The molecule has 0 spiro atoms. The van der Waals surface area contributed by atoms with Crippen LogP contribution in [0.25, 0.3) is 0 Å². The van der Waals surface area contributed by atoms with E-state index in [1.807, 2.05) is 6.08 Å². The third-order valence-electron chi connectivity index (χ3n) is 3.41. The molecule has 0 fully saturated rings. The lowest BCUT2D eigenvalue weighted by Crippen LogP contribution is -2.21. The molecule has 1 nitrogen and oxygen atoms in total. The Bertz CT molecular complexity index is 361. The molecule has 0 radical (unpaired) electrons. The number of terminal acetylenes is 1. The first-order valence-electron chi connectivity index (χ1n) is 5.88. The topological polar surface area (TPSA) is 20.2 Å². The highest BCUT2D eigenvalue weighted by atomic mass is 16.3. The van der Waals surface area contributed by atoms with Gasteiger partial charge >= 0.3 is 0 Å². The van der Waals surface area contributed by atoms with Gasteiger partial charge in [0, 0.05) is 0 Å². The first kappa shape index (κ1) is 13.1. The molecule has 1 atom stereocenters. The summed E-state index contributed by atoms with van der Waals surface area (Å²) in [6.07, 6.45) is 12.6. The maximum atomic E-state index is 9.76. The molecule has 0 heterocycles. The normalized spacial score (nSPS) is 24.2. The van der Waals surface area contributed by atoms with E-state index in [9.17, 15) is 5.11 Å². The van der Waals surface area contributed by atoms with E-state index < -0.39 is 5.60 Å². The minimum Gasteiger partial charge on any atom is -0.374 e. The molecule has 0 aromatic carbocycles. The van der Waals surface area contributed by atoms with Gasteiger partial charge in [-0.05, 0) is 50.2 Å². The van der Waals surface area contributed by atoms with E-state index in [1.165, 1.54) is 24.0 Å². The minimum atomic E-state index is -1.14. The maximum absolute atomic E-state index is 9.76. The summed E-state index contributed by atoms with van der Waals surface area (Å²) < 4.78 is 0. The third kappa shape index (κ3) is 3.00. The van der Waals surface area contributed by atoms with E-state index in [0.29, 0.717) is 0 Å². The Labute approximate surface area is 99.3 Å². The Morgan fingerprint density at radius 1 is 1.50 bits per heavy atom. The highest BCUT2D eigenvalue weighted by Crippen LogP contribution is 2.40. The molecule has 1 N–H and O–H groups in total. The van der Waals surface area contributed by atoms with Crippen LogP contribution in [0, 0.1) is 17.8 Å². The lowest BCUT2D eigenvalue weighted by molar-refractivity contribution is 0.174. The molecule has 16 heavy (non-hydrogen) atoms. The van der Waals surface area contributed by atoms with Crippen molar-refractivity contribution in [3.8, 4) is 12.3 Å². The van der Waals surface area contributed by atoms with E-state index in [1.54, 1.807) is 13.0 Å². The second kappa shape index (κ2) is 4.47. The lowest BCUT2D eigenvalue weighted by atomic mass is 9.72. The van der Waals surface area contributed by atoms with Gasteiger partial charge in [0.1, 0.15) is 5.60 Å². The van der Waals surface area contributed by atoms with E-state index in [2.05, 4.69) is 26.7 Å². The van der Waals surface area contributed by atoms with Gasteiger partial charge in [-0.3, -0.25) is 0 Å². The standard InChI is InChI=1S/C15H22O/c1-6-15(5,16)11-9-13-12(2)8-7-10-14(13,3)4/h1,9,11,16H,7-8,10H2,2-5H3/b11-9+/t15-/m0/s1. The predicted molar refractivity (Wildman–Crippen MR) is 68.9 cm³/mol. The molecule has 0 aliphatic heterocycles. The fraction of sp³-hybridized carbons (Fsp3) is 0.600. The molecule has 1 heteroatoms. The second-order valence-electron chi connectivity index (χ2n) is 5.56. The fourth-order valence-corrected chi connectivity index (χ4v) is 2.30. The van der Waals surface area contributed by atoms with Crippen molar-refractivity contribution in [2.45, 2.75) is 52.6 Å². The van der Waals surface area contributed by atoms with Crippen LogP contribution in [-0.2, 0) is 0 Å². The molecule has 0 bridgehead atoms. The molecule has 88 valence electrons. The highest BCUT2D eigenvalue weighted by Gasteiger charge is 2.27. The van der Waals surface area contributed by atoms with Crippen molar-refractivity contribution in [3.05, 3.63) is 23.3 Å². The average molecular weight is 218 g/mol. The van der Waals surface area contributed by atoms with Gasteiger partial charge in [-0.15, -0.1) is 6.42 Å². The third-order valence-corrected chi connectivity index (χ3v) is 3.41. The molecule has 0 saturated heterocycles. The number of rotatable bonds is 2. The molecule has 0 aromatic rings. The highest BCUT2D eigenvalue weighted by molar-refractivity contribution is 5.35. The largest absolute Gasteiger partial charge is 0.374 e. The van der Waals surface area contributed by atoms with Gasteiger partial charge in [0.2, 0.25) is 0 Å². The van der Waals surface area contributed by atoms with Gasteiger partial charge in [-0.25, -0.2) is 0 Å². The van der Waals surface area contributed by atoms with Crippen LogP contribution in [0.2, 0.25) is 0 Å². The van der Waals surface area contributed by atoms with Gasteiger partial charge in [0.15, 0.2) is 0 Å². The summed E-state index contributed by atoms with van der Waals surface area (Å²) in [5, 5.41) is 9.76. The van der Waals surface area contributed by atoms with Crippen molar-refractivity contribution in [1.29, 1.82) is 0 Å². The summed E-state index contributed by atoms with van der Waals surface area (Å²) in [7, 11) is 0. The zero-order valence-corrected chi connectivity index (χ0v) is 10.8. The molecule has 0 amide bonds. The van der Waals surface area contributed by atoms with E-state index >= 15 is 0 Å². The van der Waals surface area contributed by atoms with Crippen molar-refractivity contribution in [3.63, 3.8) is 0 Å². The van der Waals surface area contributed by atoms with Gasteiger partial charge in [-0.2, -0.15) is 0 Å². The molecular formula is C15H22O. The van der Waals surface area contributed by atoms with Crippen molar-refractivity contribution < 1.29 is 5.11 Å². The molecule has 0 unspecified atom stereocenters. The van der Waals surface area contributed by atoms with Gasteiger partial charge < -0.3 is 5.11 Å². The summed E-state index contributed by atoms with van der Waals surface area (Å²) in [4.78, 5) is 0. The summed E-state index contributed by atoms with van der Waals surface area (Å²) in [6.45, 7) is 8.31. The molecular weight excluding hydrogens is 196 g/mol.